The Morgan fingerprint density at radius 3 is 2.41 bits per heavy atom. The largest absolute Gasteiger partial charge is 0.378 e. The van der Waals surface area contributed by atoms with Crippen molar-refractivity contribution in [1.82, 2.24) is 9.97 Å². The minimum absolute atomic E-state index is 0.0396. The van der Waals surface area contributed by atoms with Gasteiger partial charge in [-0.05, 0) is 18.6 Å². The lowest BCUT2D eigenvalue weighted by Crippen LogP contribution is -2.18. The molecule has 0 radical (unpaired) electrons. The minimum Gasteiger partial charge on any atom is -0.378 e. The molecule has 0 amide bonds. The summed E-state index contributed by atoms with van der Waals surface area (Å²) in [6.45, 7) is 2.96. The van der Waals surface area contributed by atoms with E-state index in [0.717, 1.165) is 30.6 Å². The average Bonchev–Trinajstić information content (AvgIpc) is 2.67. The van der Waals surface area contributed by atoms with Crippen LogP contribution in [-0.4, -0.2) is 30.6 Å². The maximum atomic E-state index is 12.3. The maximum absolute atomic E-state index is 12.3. The number of unbranched alkanes of at least 4 members (excludes halogenated alkanes) is 5. The number of rotatable bonds is 10. The molecule has 27 heavy (non-hydrogen) atoms. The Balaban J connectivity index is 2.11. The lowest BCUT2D eigenvalue weighted by atomic mass is 10.1. The van der Waals surface area contributed by atoms with E-state index in [1.54, 1.807) is 0 Å². The second kappa shape index (κ2) is 10.4. The molecule has 0 saturated carbocycles. The normalized spacial score (nSPS) is 10.4. The molecular weight excluding hydrogens is 338 g/mol. The Kier molecular flexibility index (Phi) is 7.87. The van der Waals surface area contributed by atoms with Crippen LogP contribution in [0, 0.1) is 11.3 Å². The lowest BCUT2D eigenvalue weighted by molar-refractivity contribution is 0.616. The summed E-state index contributed by atoms with van der Waals surface area (Å²) in [5.74, 6) is 0.416. The van der Waals surface area contributed by atoms with Gasteiger partial charge in [0, 0.05) is 31.9 Å². The molecule has 144 valence electrons. The van der Waals surface area contributed by atoms with Crippen LogP contribution in [0.15, 0.2) is 29.1 Å². The van der Waals surface area contributed by atoms with E-state index in [1.165, 1.54) is 25.7 Å². The van der Waals surface area contributed by atoms with E-state index in [4.69, 9.17) is 0 Å². The molecule has 0 aliphatic rings. The quantitative estimate of drug-likeness (QED) is 0.616. The van der Waals surface area contributed by atoms with Crippen molar-refractivity contribution in [2.45, 2.75) is 45.4 Å². The summed E-state index contributed by atoms with van der Waals surface area (Å²) in [5.41, 5.74) is 1.84. The van der Waals surface area contributed by atoms with Gasteiger partial charge in [0.15, 0.2) is 0 Å². The van der Waals surface area contributed by atoms with Gasteiger partial charge in [0.1, 0.15) is 11.6 Å². The summed E-state index contributed by atoms with van der Waals surface area (Å²) in [6, 6.07) is 9.64. The van der Waals surface area contributed by atoms with Gasteiger partial charge in [-0.2, -0.15) is 5.26 Å². The van der Waals surface area contributed by atoms with Gasteiger partial charge < -0.3 is 10.2 Å². The second-order valence-corrected chi connectivity index (χ2v) is 6.89. The van der Waals surface area contributed by atoms with Crippen LogP contribution in [0.2, 0.25) is 0 Å². The van der Waals surface area contributed by atoms with E-state index in [1.807, 2.05) is 49.3 Å². The van der Waals surface area contributed by atoms with Crippen LogP contribution in [0.4, 0.5) is 11.6 Å². The number of nitrogens with one attached hydrogen (secondary N) is 2. The number of nitrogens with zero attached hydrogens (tertiary/aromatic N) is 3. The summed E-state index contributed by atoms with van der Waals surface area (Å²) >= 11 is 0. The molecule has 1 heterocycles. The minimum atomic E-state index is -0.412. The van der Waals surface area contributed by atoms with Crippen molar-refractivity contribution < 1.29 is 0 Å². The number of aromatic nitrogens is 2. The molecule has 0 atom stereocenters. The molecule has 0 fully saturated rings. The van der Waals surface area contributed by atoms with Crippen molar-refractivity contribution in [3.05, 3.63) is 40.2 Å². The molecule has 0 unspecified atom stereocenters. The standard InChI is InChI=1S/C21H29N5O/c1-4-5-6-7-8-9-14-23-21-24-19(18(15-22)20(27)25-21)16-10-12-17(13-11-16)26(2)3/h10-13H,4-9,14H2,1-3H3,(H2,23,24,25,27). The van der Waals surface area contributed by atoms with E-state index >= 15 is 0 Å². The highest BCUT2D eigenvalue weighted by Crippen LogP contribution is 2.23. The van der Waals surface area contributed by atoms with Crippen LogP contribution in [0.3, 0.4) is 0 Å². The Hall–Kier alpha value is -2.81. The first-order valence-corrected chi connectivity index (χ1v) is 9.63. The smallest absolute Gasteiger partial charge is 0.270 e. The predicted octanol–water partition coefficient (Wildman–Crippen LogP) is 4.15. The van der Waals surface area contributed by atoms with E-state index in [0.29, 0.717) is 11.6 Å². The molecule has 0 aliphatic carbocycles. The van der Waals surface area contributed by atoms with E-state index in [2.05, 4.69) is 22.2 Å². The van der Waals surface area contributed by atoms with Crippen LogP contribution >= 0.6 is 0 Å². The summed E-state index contributed by atoms with van der Waals surface area (Å²) in [4.78, 5) is 21.4. The fourth-order valence-corrected chi connectivity index (χ4v) is 2.90. The number of aromatic amines is 1. The number of H-pyrrole nitrogens is 1. The first-order valence-electron chi connectivity index (χ1n) is 9.63. The third kappa shape index (κ3) is 5.85. The van der Waals surface area contributed by atoms with Gasteiger partial charge in [-0.15, -0.1) is 0 Å². The Bertz CT molecular complexity index is 818. The Morgan fingerprint density at radius 1 is 1.11 bits per heavy atom. The topological polar surface area (TPSA) is 84.8 Å². The average molecular weight is 367 g/mol. The molecule has 0 spiro atoms. The highest BCUT2D eigenvalue weighted by Gasteiger charge is 2.13. The van der Waals surface area contributed by atoms with Crippen LogP contribution < -0.4 is 15.8 Å². The maximum Gasteiger partial charge on any atom is 0.270 e. The summed E-state index contributed by atoms with van der Waals surface area (Å²) in [5, 5.41) is 12.6. The molecule has 2 rings (SSSR count). The third-order valence-corrected chi connectivity index (χ3v) is 4.51. The van der Waals surface area contributed by atoms with Crippen LogP contribution in [0.25, 0.3) is 11.3 Å². The van der Waals surface area contributed by atoms with Crippen molar-refractivity contribution in [2.75, 3.05) is 30.9 Å². The molecule has 6 heteroatoms. The van der Waals surface area contributed by atoms with E-state index in [-0.39, 0.29) is 5.56 Å². The second-order valence-electron chi connectivity index (χ2n) is 6.89. The van der Waals surface area contributed by atoms with Crippen molar-refractivity contribution >= 4 is 11.6 Å². The molecule has 1 aromatic heterocycles. The van der Waals surface area contributed by atoms with Crippen molar-refractivity contribution in [1.29, 1.82) is 5.26 Å². The zero-order valence-corrected chi connectivity index (χ0v) is 16.5. The summed E-state index contributed by atoms with van der Waals surface area (Å²) < 4.78 is 0. The summed E-state index contributed by atoms with van der Waals surface area (Å²) in [6.07, 6.45) is 7.22. The van der Waals surface area contributed by atoms with E-state index < -0.39 is 5.56 Å². The Labute approximate surface area is 161 Å². The zero-order valence-electron chi connectivity index (χ0n) is 16.5. The molecule has 0 bridgehead atoms. The highest BCUT2D eigenvalue weighted by atomic mass is 16.1. The monoisotopic (exact) mass is 367 g/mol. The molecule has 0 saturated heterocycles. The van der Waals surface area contributed by atoms with Crippen LogP contribution in [0.1, 0.15) is 51.0 Å². The number of anilines is 2. The van der Waals surface area contributed by atoms with Gasteiger partial charge in [0.25, 0.3) is 5.56 Å². The highest BCUT2D eigenvalue weighted by molar-refractivity contribution is 5.69. The SMILES string of the molecule is CCCCCCCCNc1nc(-c2ccc(N(C)C)cc2)c(C#N)c(=O)[nH]1. The van der Waals surface area contributed by atoms with Gasteiger partial charge >= 0.3 is 0 Å². The number of nitriles is 1. The predicted molar refractivity (Wildman–Crippen MR) is 111 cm³/mol. The number of hydrogen-bond acceptors (Lipinski definition) is 5. The van der Waals surface area contributed by atoms with Crippen molar-refractivity contribution in [2.24, 2.45) is 0 Å². The first kappa shape index (κ1) is 20.5. The van der Waals surface area contributed by atoms with Gasteiger partial charge in [-0.3, -0.25) is 9.78 Å². The molecule has 2 N–H and O–H groups in total. The van der Waals surface area contributed by atoms with E-state index in [9.17, 15) is 10.1 Å². The van der Waals surface area contributed by atoms with Gasteiger partial charge in [0.05, 0.1) is 5.69 Å². The number of hydrogen-bond donors (Lipinski definition) is 2. The first-order chi connectivity index (χ1) is 13.1. The Morgan fingerprint density at radius 2 is 1.78 bits per heavy atom. The molecule has 1 aromatic carbocycles. The molecular formula is C21H29N5O. The fourth-order valence-electron chi connectivity index (χ4n) is 2.90. The van der Waals surface area contributed by atoms with Crippen molar-refractivity contribution in [3.8, 4) is 17.3 Å². The number of benzene rings is 1. The molecule has 0 aliphatic heterocycles. The van der Waals surface area contributed by atoms with Gasteiger partial charge in [-0.1, -0.05) is 51.2 Å². The third-order valence-electron chi connectivity index (χ3n) is 4.51. The van der Waals surface area contributed by atoms with Crippen LogP contribution in [0.5, 0.6) is 0 Å². The molecule has 6 nitrogen and oxygen atoms in total. The van der Waals surface area contributed by atoms with Crippen molar-refractivity contribution in [3.63, 3.8) is 0 Å². The fraction of sp³-hybridized carbons (Fsp3) is 0.476. The molecule has 2 aromatic rings. The lowest BCUT2D eigenvalue weighted by Gasteiger charge is -2.13. The van der Waals surface area contributed by atoms with Gasteiger partial charge in [0.2, 0.25) is 5.95 Å². The van der Waals surface area contributed by atoms with Crippen LogP contribution in [-0.2, 0) is 0 Å². The zero-order chi connectivity index (χ0) is 19.6. The summed E-state index contributed by atoms with van der Waals surface area (Å²) in [7, 11) is 3.93. The van der Waals surface area contributed by atoms with Gasteiger partial charge in [-0.25, -0.2) is 4.98 Å².